The number of nitrogens with zero attached hydrogens (tertiary/aromatic N) is 5. The quantitative estimate of drug-likeness (QED) is 0.280. The van der Waals surface area contributed by atoms with Gasteiger partial charge < -0.3 is 29.5 Å². The van der Waals surface area contributed by atoms with E-state index in [0.717, 1.165) is 15.4 Å². The van der Waals surface area contributed by atoms with E-state index in [2.05, 4.69) is 10.3 Å². The molecule has 2 aromatic rings. The number of imide groups is 1. The summed E-state index contributed by atoms with van der Waals surface area (Å²) < 4.78 is 51.4. The Balaban J connectivity index is 1.58. The molecule has 2 aliphatic heterocycles. The Labute approximate surface area is 282 Å². The minimum atomic E-state index is -4.84. The fourth-order valence-electron chi connectivity index (χ4n) is 5.72. The number of pyridine rings is 1. The number of amides is 6. The number of rotatable bonds is 11. The first-order chi connectivity index (χ1) is 22.8. The largest absolute Gasteiger partial charge is 0.444 e. The van der Waals surface area contributed by atoms with Crippen LogP contribution in [0.4, 0.5) is 22.8 Å². The van der Waals surface area contributed by atoms with E-state index < -0.39 is 72.3 Å². The molecule has 6 amide bonds. The molecule has 0 bridgehead atoms. The molecule has 2 aliphatic rings. The van der Waals surface area contributed by atoms with E-state index in [1.54, 1.807) is 39.0 Å². The first-order valence-electron chi connectivity index (χ1n) is 15.6. The molecule has 2 fully saturated rings. The predicted octanol–water partition coefficient (Wildman–Crippen LogP) is 3.34. The van der Waals surface area contributed by atoms with Crippen LogP contribution in [0.15, 0.2) is 54.7 Å². The van der Waals surface area contributed by atoms with Crippen LogP contribution in [-0.2, 0) is 36.9 Å². The Hall–Kier alpha value is -4.73. The number of alkyl halides is 3. The van der Waals surface area contributed by atoms with E-state index in [1.165, 1.54) is 24.9 Å². The van der Waals surface area contributed by atoms with Gasteiger partial charge in [-0.1, -0.05) is 36.4 Å². The lowest BCUT2D eigenvalue weighted by molar-refractivity contribution is -0.158. The zero-order valence-electron chi connectivity index (χ0n) is 28.1. The number of urea groups is 1. The fourth-order valence-corrected chi connectivity index (χ4v) is 5.72. The van der Waals surface area contributed by atoms with Crippen LogP contribution < -0.4 is 5.32 Å². The van der Waals surface area contributed by atoms with Gasteiger partial charge in [-0.25, -0.2) is 9.59 Å². The summed E-state index contributed by atoms with van der Waals surface area (Å²) in [5, 5.41) is 2.53. The van der Waals surface area contributed by atoms with Crippen LogP contribution in [0.2, 0.25) is 0 Å². The minimum absolute atomic E-state index is 0.0935. The van der Waals surface area contributed by atoms with Crippen LogP contribution >= 0.6 is 0 Å². The Morgan fingerprint density at radius 1 is 0.980 bits per heavy atom. The van der Waals surface area contributed by atoms with Crippen molar-refractivity contribution in [3.8, 4) is 0 Å². The molecule has 13 nitrogen and oxygen atoms in total. The summed E-state index contributed by atoms with van der Waals surface area (Å²) in [5.41, 5.74) is -3.14. The number of carbonyl (C=O) groups is 5. The molecule has 266 valence electrons. The average Bonchev–Trinajstić information content (AvgIpc) is 3.19. The molecular weight excluding hydrogens is 649 g/mol. The van der Waals surface area contributed by atoms with Crippen molar-refractivity contribution in [3.05, 3.63) is 66.0 Å². The summed E-state index contributed by atoms with van der Waals surface area (Å²) in [6, 6.07) is 12.8. The summed E-state index contributed by atoms with van der Waals surface area (Å²) in [5.74, 6) is -2.44. The van der Waals surface area contributed by atoms with Gasteiger partial charge in [0.1, 0.15) is 36.5 Å². The lowest BCUT2D eigenvalue weighted by atomic mass is 9.88. The van der Waals surface area contributed by atoms with Gasteiger partial charge in [0.05, 0.1) is 13.2 Å². The van der Waals surface area contributed by atoms with Gasteiger partial charge in [0.15, 0.2) is 0 Å². The molecule has 3 heterocycles. The molecule has 0 unspecified atom stereocenters. The third-order valence-electron chi connectivity index (χ3n) is 7.88. The lowest BCUT2D eigenvalue weighted by Gasteiger charge is -2.44. The SMILES string of the molecule is CC(C)(C)OC(=O)NC(C)(C)C(=O)N(COCc1ccccc1)CC(=O)N1CCN2C(=O)N(CC(F)(F)F)C(=O)[C@]2(Cc2ccccn2)C1. The maximum atomic E-state index is 13.9. The smallest absolute Gasteiger partial charge is 0.408 e. The van der Waals surface area contributed by atoms with Gasteiger partial charge in [-0.3, -0.25) is 24.3 Å². The zero-order valence-corrected chi connectivity index (χ0v) is 28.1. The van der Waals surface area contributed by atoms with Crippen molar-refractivity contribution >= 4 is 29.8 Å². The highest BCUT2D eigenvalue weighted by Gasteiger charge is 2.61. The van der Waals surface area contributed by atoms with E-state index in [9.17, 15) is 37.1 Å². The van der Waals surface area contributed by atoms with E-state index >= 15 is 0 Å². The number of carbonyl (C=O) groups excluding carboxylic acids is 5. The Kier molecular flexibility index (Phi) is 10.9. The second-order valence-electron chi connectivity index (χ2n) is 13.5. The van der Waals surface area contributed by atoms with Gasteiger partial charge in [0.25, 0.3) is 5.91 Å². The van der Waals surface area contributed by atoms with Crippen molar-refractivity contribution < 1.29 is 46.6 Å². The molecule has 49 heavy (non-hydrogen) atoms. The highest BCUT2D eigenvalue weighted by atomic mass is 19.4. The van der Waals surface area contributed by atoms with Crippen LogP contribution in [0.5, 0.6) is 0 Å². The molecule has 16 heteroatoms. The molecule has 0 radical (unpaired) electrons. The molecular formula is C33H41F3N6O7. The molecule has 1 atom stereocenters. The number of fused-ring (bicyclic) bond motifs is 1. The number of nitrogens with one attached hydrogen (secondary N) is 1. The van der Waals surface area contributed by atoms with Crippen LogP contribution in [-0.4, -0.2) is 117 Å². The van der Waals surface area contributed by atoms with Crippen LogP contribution in [0.25, 0.3) is 0 Å². The van der Waals surface area contributed by atoms with Crippen molar-refractivity contribution in [2.75, 3.05) is 39.5 Å². The topological polar surface area (TPSA) is 142 Å². The average molecular weight is 691 g/mol. The fraction of sp³-hybridized carbons (Fsp3) is 0.515. The first kappa shape index (κ1) is 37.1. The van der Waals surface area contributed by atoms with Gasteiger partial charge in [-0.15, -0.1) is 0 Å². The van der Waals surface area contributed by atoms with Gasteiger partial charge in [0, 0.05) is 31.4 Å². The summed E-state index contributed by atoms with van der Waals surface area (Å²) in [6.07, 6.45) is -4.50. The van der Waals surface area contributed by atoms with Crippen LogP contribution in [0.1, 0.15) is 45.9 Å². The number of aromatic nitrogens is 1. The van der Waals surface area contributed by atoms with Gasteiger partial charge in [0.2, 0.25) is 11.8 Å². The minimum Gasteiger partial charge on any atom is -0.444 e. The third-order valence-corrected chi connectivity index (χ3v) is 7.88. The molecule has 1 N–H and O–H groups in total. The predicted molar refractivity (Wildman–Crippen MR) is 168 cm³/mol. The maximum absolute atomic E-state index is 13.9. The van der Waals surface area contributed by atoms with E-state index in [4.69, 9.17) is 9.47 Å². The molecule has 0 spiro atoms. The van der Waals surface area contributed by atoms with Crippen LogP contribution in [0, 0.1) is 0 Å². The van der Waals surface area contributed by atoms with Gasteiger partial charge in [-0.05, 0) is 52.3 Å². The summed E-state index contributed by atoms with van der Waals surface area (Å²) in [7, 11) is 0. The molecule has 1 aromatic heterocycles. The zero-order chi connectivity index (χ0) is 36.2. The van der Waals surface area contributed by atoms with Crippen molar-refractivity contribution in [1.82, 2.24) is 29.9 Å². The summed E-state index contributed by atoms with van der Waals surface area (Å²) in [6.45, 7) is 4.45. The number of hydrogen-bond acceptors (Lipinski definition) is 8. The van der Waals surface area contributed by atoms with E-state index in [1.807, 2.05) is 30.3 Å². The Bertz CT molecular complexity index is 1530. The highest BCUT2D eigenvalue weighted by Crippen LogP contribution is 2.36. The van der Waals surface area contributed by atoms with E-state index in [0.29, 0.717) is 5.69 Å². The van der Waals surface area contributed by atoms with Crippen molar-refractivity contribution in [3.63, 3.8) is 0 Å². The number of ether oxygens (including phenoxy) is 2. The van der Waals surface area contributed by atoms with Crippen molar-refractivity contribution in [2.45, 2.75) is 70.5 Å². The van der Waals surface area contributed by atoms with Crippen molar-refractivity contribution in [2.24, 2.45) is 0 Å². The second-order valence-corrected chi connectivity index (χ2v) is 13.5. The number of halogens is 3. The Morgan fingerprint density at radius 2 is 1.65 bits per heavy atom. The van der Waals surface area contributed by atoms with Gasteiger partial charge in [-0.2, -0.15) is 13.2 Å². The van der Waals surface area contributed by atoms with Crippen molar-refractivity contribution in [1.29, 1.82) is 0 Å². The second kappa shape index (κ2) is 14.4. The number of alkyl carbamates (subject to hydrolysis) is 1. The molecule has 2 saturated heterocycles. The normalized spacial score (nSPS) is 18.3. The lowest BCUT2D eigenvalue weighted by Crippen LogP contribution is -2.66. The monoisotopic (exact) mass is 690 g/mol. The summed E-state index contributed by atoms with van der Waals surface area (Å²) >= 11 is 0. The molecule has 0 aliphatic carbocycles. The Morgan fingerprint density at radius 3 is 2.27 bits per heavy atom. The summed E-state index contributed by atoms with van der Waals surface area (Å²) in [4.78, 5) is 75.0. The van der Waals surface area contributed by atoms with Crippen LogP contribution in [0.3, 0.4) is 0 Å². The number of hydrogen-bond donors (Lipinski definition) is 1. The maximum Gasteiger partial charge on any atom is 0.408 e. The van der Waals surface area contributed by atoms with Gasteiger partial charge >= 0.3 is 18.3 Å². The number of piperazine rings is 1. The number of benzene rings is 1. The third kappa shape index (κ3) is 9.25. The molecule has 4 rings (SSSR count). The molecule has 0 saturated carbocycles. The first-order valence-corrected chi connectivity index (χ1v) is 15.6. The molecule has 1 aromatic carbocycles. The highest BCUT2D eigenvalue weighted by molar-refractivity contribution is 6.08. The van der Waals surface area contributed by atoms with E-state index in [-0.39, 0.29) is 37.7 Å². The standard InChI is InChI=1S/C33H41F3N6O7/c1-30(2,3)49-28(46)38-31(4,5)26(44)40(22-48-19-23-11-7-6-8-12-23)18-25(43)39-15-16-42-29(47)41(21-33(34,35)36)27(45)32(42,20-39)17-24-13-9-10-14-37-24/h6-14H,15-22H2,1-5H3,(H,38,46)/t32-/m0/s1.